The average molecular weight is 575 g/mol. The van der Waals surface area contributed by atoms with Gasteiger partial charge in [0.2, 0.25) is 0 Å². The zero-order valence-electron chi connectivity index (χ0n) is 23.2. The number of hydrogen-bond acceptors (Lipinski definition) is 7. The molecule has 41 heavy (non-hydrogen) atoms. The van der Waals surface area contributed by atoms with Gasteiger partial charge in [0.25, 0.3) is 10.0 Å². The Labute approximate surface area is 242 Å². The van der Waals surface area contributed by atoms with E-state index in [1.54, 1.807) is 61.1 Å². The molecule has 1 fully saturated rings. The Morgan fingerprint density at radius 2 is 1.76 bits per heavy atom. The first-order valence-corrected chi connectivity index (χ1v) is 15.9. The van der Waals surface area contributed by atoms with Crippen LogP contribution in [0.4, 0.5) is 5.69 Å². The van der Waals surface area contributed by atoms with Gasteiger partial charge in [-0.3, -0.25) is 9.71 Å². The predicted octanol–water partition coefficient (Wildman–Crippen LogP) is 5.92. The van der Waals surface area contributed by atoms with Crippen LogP contribution in [0.25, 0.3) is 11.3 Å². The second-order valence-corrected chi connectivity index (χ2v) is 12.4. The molecule has 216 valence electrons. The third kappa shape index (κ3) is 8.25. The van der Waals surface area contributed by atoms with E-state index in [1.807, 2.05) is 18.2 Å². The van der Waals surface area contributed by atoms with Crippen molar-refractivity contribution in [2.24, 2.45) is 5.92 Å². The molecule has 2 aromatic heterocycles. The molecule has 1 unspecified atom stereocenters. The monoisotopic (exact) mass is 574 g/mol. The lowest BCUT2D eigenvalue weighted by molar-refractivity contribution is 0.174. The lowest BCUT2D eigenvalue weighted by atomic mass is 10.0. The van der Waals surface area contributed by atoms with Gasteiger partial charge in [-0.2, -0.15) is 0 Å². The summed E-state index contributed by atoms with van der Waals surface area (Å²) in [5.74, 6) is 2.24. The number of anilines is 1. The van der Waals surface area contributed by atoms with Gasteiger partial charge >= 0.3 is 0 Å². The number of rotatable bonds is 14. The van der Waals surface area contributed by atoms with Gasteiger partial charge in [-0.15, -0.1) is 0 Å². The Morgan fingerprint density at radius 1 is 0.976 bits per heavy atom. The highest BCUT2D eigenvalue weighted by atomic mass is 32.2. The van der Waals surface area contributed by atoms with Crippen LogP contribution in [0, 0.1) is 5.92 Å². The van der Waals surface area contributed by atoms with Crippen LogP contribution in [0.3, 0.4) is 0 Å². The van der Waals surface area contributed by atoms with Crippen LogP contribution in [0.5, 0.6) is 0 Å². The number of hydrogen-bond donors (Lipinski definition) is 3. The Hall–Kier alpha value is -3.53. The standard InChI is InChI=1S/C32H38N4O4S/c37-30(27-8-4-19-33-21-27)22-34-20-18-25-10-14-28(15-11-25)36-41(38,39)29-16-12-26(13-17-29)31-23-35-32(40-31)9-3-7-24-5-1-2-6-24/h4,8,10-17,19,21,23-24,30,34,36-37H,1-3,5-7,9,18,20,22H2. The normalized spacial score (nSPS) is 14.8. The van der Waals surface area contributed by atoms with Crippen molar-refractivity contribution < 1.29 is 17.9 Å². The van der Waals surface area contributed by atoms with Gasteiger partial charge in [-0.05, 0) is 79.8 Å². The maximum Gasteiger partial charge on any atom is 0.261 e. The maximum absolute atomic E-state index is 13.0. The molecule has 1 aliphatic rings. The first-order chi connectivity index (χ1) is 20.0. The molecule has 1 atom stereocenters. The summed E-state index contributed by atoms with van der Waals surface area (Å²) in [6.45, 7) is 1.11. The third-order valence-corrected chi connectivity index (χ3v) is 9.08. The minimum atomic E-state index is -3.74. The highest BCUT2D eigenvalue weighted by Gasteiger charge is 2.17. The molecule has 1 saturated carbocycles. The summed E-state index contributed by atoms with van der Waals surface area (Å²) in [5, 5.41) is 13.5. The molecule has 9 heteroatoms. The summed E-state index contributed by atoms with van der Waals surface area (Å²) < 4.78 is 34.5. The summed E-state index contributed by atoms with van der Waals surface area (Å²) >= 11 is 0. The average Bonchev–Trinajstić information content (AvgIpc) is 3.69. The van der Waals surface area contributed by atoms with Crippen molar-refractivity contribution in [2.75, 3.05) is 17.8 Å². The molecule has 0 saturated heterocycles. The number of nitrogens with zero attached hydrogens (tertiary/aromatic N) is 2. The smallest absolute Gasteiger partial charge is 0.261 e. The molecule has 2 heterocycles. The van der Waals surface area contributed by atoms with Crippen LogP contribution in [-0.4, -0.2) is 36.6 Å². The molecule has 0 aliphatic heterocycles. The molecule has 1 aliphatic carbocycles. The van der Waals surface area contributed by atoms with Gasteiger partial charge in [-0.25, -0.2) is 13.4 Å². The van der Waals surface area contributed by atoms with E-state index in [9.17, 15) is 13.5 Å². The third-order valence-electron chi connectivity index (χ3n) is 7.68. The van der Waals surface area contributed by atoms with E-state index in [0.717, 1.165) is 47.8 Å². The summed E-state index contributed by atoms with van der Waals surface area (Å²) in [6, 6.07) is 17.6. The molecule has 2 aromatic carbocycles. The topological polar surface area (TPSA) is 117 Å². The SMILES string of the molecule is O=S(=O)(Nc1ccc(CCNCC(O)c2cccnc2)cc1)c1ccc(-c2cnc(CCCC3CCCC3)o2)cc1. The molecule has 0 spiro atoms. The number of nitrogens with one attached hydrogen (secondary N) is 2. The van der Waals surface area contributed by atoms with E-state index in [1.165, 1.54) is 32.1 Å². The van der Waals surface area contributed by atoms with Crippen molar-refractivity contribution in [3.8, 4) is 11.3 Å². The van der Waals surface area contributed by atoms with E-state index < -0.39 is 16.1 Å². The number of oxazole rings is 1. The summed E-state index contributed by atoms with van der Waals surface area (Å²) in [7, 11) is -3.74. The molecule has 8 nitrogen and oxygen atoms in total. The van der Waals surface area contributed by atoms with Crippen LogP contribution in [0.2, 0.25) is 0 Å². The summed E-state index contributed by atoms with van der Waals surface area (Å²) in [4.78, 5) is 8.63. The molecular weight excluding hydrogens is 536 g/mol. The van der Waals surface area contributed by atoms with Crippen molar-refractivity contribution in [1.29, 1.82) is 0 Å². The minimum absolute atomic E-state index is 0.179. The summed E-state index contributed by atoms with van der Waals surface area (Å²) in [6.07, 6.45) is 13.8. The number of pyridine rings is 1. The van der Waals surface area contributed by atoms with Crippen molar-refractivity contribution in [2.45, 2.75) is 62.4 Å². The Bertz CT molecular complexity index is 1470. The summed E-state index contributed by atoms with van der Waals surface area (Å²) in [5.41, 5.74) is 3.13. The van der Waals surface area contributed by atoms with Gasteiger partial charge in [-0.1, -0.05) is 43.9 Å². The molecule has 0 radical (unpaired) electrons. The number of aromatic nitrogens is 2. The molecule has 0 amide bonds. The fraction of sp³-hybridized carbons (Fsp3) is 0.375. The lowest BCUT2D eigenvalue weighted by Crippen LogP contribution is -2.23. The molecule has 5 rings (SSSR count). The highest BCUT2D eigenvalue weighted by molar-refractivity contribution is 7.92. The highest BCUT2D eigenvalue weighted by Crippen LogP contribution is 2.29. The van der Waals surface area contributed by atoms with E-state index in [4.69, 9.17) is 4.42 Å². The van der Waals surface area contributed by atoms with Crippen LogP contribution >= 0.6 is 0 Å². The molecule has 4 aromatic rings. The second-order valence-electron chi connectivity index (χ2n) is 10.7. The molecule has 3 N–H and O–H groups in total. The van der Waals surface area contributed by atoms with E-state index in [2.05, 4.69) is 20.0 Å². The lowest BCUT2D eigenvalue weighted by Gasteiger charge is -2.12. The fourth-order valence-corrected chi connectivity index (χ4v) is 6.37. The zero-order chi connectivity index (χ0) is 28.5. The fourth-order valence-electron chi connectivity index (χ4n) is 5.31. The van der Waals surface area contributed by atoms with Crippen LogP contribution < -0.4 is 10.0 Å². The Kier molecular flexibility index (Phi) is 9.82. The van der Waals surface area contributed by atoms with Gasteiger partial charge in [0.15, 0.2) is 11.7 Å². The van der Waals surface area contributed by atoms with Crippen LogP contribution in [-0.2, 0) is 22.9 Å². The zero-order valence-corrected chi connectivity index (χ0v) is 24.0. The number of aryl methyl sites for hydroxylation is 1. The van der Waals surface area contributed by atoms with Crippen molar-refractivity contribution in [3.05, 3.63) is 96.3 Å². The Morgan fingerprint density at radius 3 is 2.49 bits per heavy atom. The molecular formula is C32H38N4O4S. The van der Waals surface area contributed by atoms with E-state index in [-0.39, 0.29) is 4.90 Å². The number of aliphatic hydroxyl groups excluding tert-OH is 1. The van der Waals surface area contributed by atoms with Crippen molar-refractivity contribution in [3.63, 3.8) is 0 Å². The van der Waals surface area contributed by atoms with Gasteiger partial charge in [0.05, 0.1) is 17.2 Å². The van der Waals surface area contributed by atoms with Gasteiger partial charge in [0, 0.05) is 42.2 Å². The molecule has 0 bridgehead atoms. The van der Waals surface area contributed by atoms with Crippen molar-refractivity contribution >= 4 is 15.7 Å². The van der Waals surface area contributed by atoms with Gasteiger partial charge < -0.3 is 14.8 Å². The number of benzene rings is 2. The minimum Gasteiger partial charge on any atom is -0.441 e. The van der Waals surface area contributed by atoms with Crippen LogP contribution in [0.1, 0.15) is 61.6 Å². The Balaban J connectivity index is 1.08. The maximum atomic E-state index is 13.0. The number of aliphatic hydroxyl groups is 1. The quantitative estimate of drug-likeness (QED) is 0.160. The van der Waals surface area contributed by atoms with Gasteiger partial charge in [0.1, 0.15) is 0 Å². The first-order valence-electron chi connectivity index (χ1n) is 14.4. The van der Waals surface area contributed by atoms with Crippen molar-refractivity contribution in [1.82, 2.24) is 15.3 Å². The van der Waals surface area contributed by atoms with E-state index >= 15 is 0 Å². The predicted molar refractivity (Wildman–Crippen MR) is 160 cm³/mol. The van der Waals surface area contributed by atoms with E-state index in [0.29, 0.717) is 24.5 Å². The largest absolute Gasteiger partial charge is 0.441 e. The second kappa shape index (κ2) is 13.9. The van der Waals surface area contributed by atoms with Crippen LogP contribution in [0.15, 0.2) is 88.6 Å². The number of sulfonamides is 1. The first kappa shape index (κ1) is 29.0.